The molecule has 0 saturated carbocycles. The van der Waals surface area contributed by atoms with Gasteiger partial charge in [0.25, 0.3) is 11.8 Å². The van der Waals surface area contributed by atoms with Gasteiger partial charge in [-0.05, 0) is 110 Å². The van der Waals surface area contributed by atoms with Gasteiger partial charge < -0.3 is 35.1 Å². The van der Waals surface area contributed by atoms with Crippen LogP contribution in [0.3, 0.4) is 0 Å². The number of halogens is 4. The van der Waals surface area contributed by atoms with Crippen LogP contribution in [-0.2, 0) is 15.7 Å². The van der Waals surface area contributed by atoms with E-state index in [1.165, 1.54) is 18.2 Å². The lowest BCUT2D eigenvalue weighted by Gasteiger charge is -2.37. The number of rotatable bonds is 14. The van der Waals surface area contributed by atoms with Crippen LogP contribution < -0.4 is 15.5 Å². The van der Waals surface area contributed by atoms with Crippen LogP contribution in [0.1, 0.15) is 82.7 Å². The van der Waals surface area contributed by atoms with Crippen molar-refractivity contribution >= 4 is 62.8 Å². The van der Waals surface area contributed by atoms with Gasteiger partial charge in [-0.2, -0.15) is 13.2 Å². The van der Waals surface area contributed by atoms with E-state index in [9.17, 15) is 27.6 Å². The summed E-state index contributed by atoms with van der Waals surface area (Å²) in [4.78, 5) is 67.5. The van der Waals surface area contributed by atoms with Crippen LogP contribution in [0.4, 0.5) is 19.0 Å². The maximum absolute atomic E-state index is 13.6. The van der Waals surface area contributed by atoms with Gasteiger partial charge in [0.2, 0.25) is 5.91 Å². The van der Waals surface area contributed by atoms with E-state index in [-0.39, 0.29) is 46.2 Å². The Balaban J connectivity index is 0.000000890. The number of benzene rings is 4. The highest BCUT2D eigenvalue weighted by Gasteiger charge is 2.52. The predicted molar refractivity (Wildman–Crippen MR) is 294 cm³/mol. The summed E-state index contributed by atoms with van der Waals surface area (Å²) in [5.74, 6) is 2.11. The third kappa shape index (κ3) is 13.2. The second kappa shape index (κ2) is 24.4. The fourth-order valence-electron chi connectivity index (χ4n) is 11.3. The number of nitrogens with zero attached hydrogens (tertiary/aromatic N) is 8. The summed E-state index contributed by atoms with van der Waals surface area (Å²) in [5.41, 5.74) is 2.10. The molecule has 5 aliphatic heterocycles. The number of nitrogens with one attached hydrogen (secondary N) is 3. The Bertz CT molecular complexity index is 3000. The van der Waals surface area contributed by atoms with Crippen molar-refractivity contribution in [3.8, 4) is 0 Å². The third-order valence-corrected chi connectivity index (χ3v) is 16.1. The molecule has 0 atom stereocenters. The van der Waals surface area contributed by atoms with Crippen LogP contribution in [0, 0.1) is 0 Å². The second-order valence-electron chi connectivity index (χ2n) is 20.7. The fourth-order valence-corrected chi connectivity index (χ4v) is 11.5. The first-order valence-electron chi connectivity index (χ1n) is 27.1. The molecular weight excluding hydrogens is 1010 g/mol. The number of piperazine rings is 1. The number of hydrogen-bond donors (Lipinski definition) is 3. The molecule has 406 valence electrons. The van der Waals surface area contributed by atoms with Crippen LogP contribution in [-0.4, -0.2) is 168 Å². The van der Waals surface area contributed by atoms with E-state index >= 15 is 0 Å². The van der Waals surface area contributed by atoms with Crippen LogP contribution in [0.5, 0.6) is 0 Å². The quantitative estimate of drug-likeness (QED) is 0.0715. The van der Waals surface area contributed by atoms with E-state index in [0.717, 1.165) is 137 Å². The molecule has 19 heteroatoms. The average molecular weight is 1070 g/mol. The van der Waals surface area contributed by atoms with Gasteiger partial charge in [0.15, 0.2) is 0 Å². The topological polar surface area (TPSA) is 165 Å². The number of aliphatic imine (C=N–C) groups is 1. The van der Waals surface area contributed by atoms with Gasteiger partial charge in [0.1, 0.15) is 23.6 Å². The molecule has 5 fully saturated rings. The summed E-state index contributed by atoms with van der Waals surface area (Å²) >= 11 is 5.54. The Kier molecular flexibility index (Phi) is 17.0. The first kappa shape index (κ1) is 53.8. The summed E-state index contributed by atoms with van der Waals surface area (Å²) in [5, 5.41) is 8.75. The molecule has 5 saturated heterocycles. The largest absolute Gasteiger partial charge is 0.417 e. The van der Waals surface area contributed by atoms with Crippen molar-refractivity contribution in [3.05, 3.63) is 137 Å². The molecular formula is C58H67ClF3N11O4. The van der Waals surface area contributed by atoms with E-state index in [1.807, 2.05) is 71.8 Å². The molecule has 15 nitrogen and oxygen atoms in total. The molecule has 0 radical (unpaired) electrons. The highest BCUT2D eigenvalue weighted by molar-refractivity contribution is 6.30. The minimum atomic E-state index is -4.51. The lowest BCUT2D eigenvalue weighted by molar-refractivity contribution is -0.136. The van der Waals surface area contributed by atoms with Crippen LogP contribution in [0.2, 0.25) is 5.02 Å². The second-order valence-corrected chi connectivity index (χ2v) is 21.2. The molecule has 7 heterocycles. The molecule has 1 spiro atoms. The van der Waals surface area contributed by atoms with Gasteiger partial charge in [-0.1, -0.05) is 66.2 Å². The summed E-state index contributed by atoms with van der Waals surface area (Å²) in [6.07, 6.45) is 5.27. The number of amides is 3. The first-order valence-corrected chi connectivity index (χ1v) is 27.5. The Hall–Kier alpha value is -6.60. The number of alkyl halides is 3. The zero-order chi connectivity index (χ0) is 53.4. The number of hydrogen-bond acceptors (Lipinski definition) is 10. The number of likely N-dealkylation sites (tertiary alicyclic amines) is 2. The van der Waals surface area contributed by atoms with Crippen molar-refractivity contribution in [2.45, 2.75) is 68.7 Å². The molecule has 0 aliphatic carbocycles. The Morgan fingerprint density at radius 2 is 1.48 bits per heavy atom. The van der Waals surface area contributed by atoms with Gasteiger partial charge >= 0.3 is 6.18 Å². The van der Waals surface area contributed by atoms with E-state index in [0.29, 0.717) is 56.6 Å². The average Bonchev–Trinajstić information content (AvgIpc) is 4.05. The van der Waals surface area contributed by atoms with Crippen molar-refractivity contribution in [2.75, 3.05) is 103 Å². The Labute approximate surface area is 452 Å². The number of H-pyrrole nitrogens is 1. The molecule has 0 unspecified atom stereocenters. The maximum Gasteiger partial charge on any atom is 0.417 e. The summed E-state index contributed by atoms with van der Waals surface area (Å²) in [6.45, 7) is 10.8. The molecule has 5 aliphatic rings. The number of aromatic amines is 1. The van der Waals surface area contributed by atoms with Crippen LogP contribution >= 0.6 is 11.6 Å². The normalized spacial score (nSPS) is 19.1. The van der Waals surface area contributed by atoms with Crippen molar-refractivity contribution in [2.24, 2.45) is 4.99 Å². The van der Waals surface area contributed by atoms with Gasteiger partial charge in [-0.3, -0.25) is 29.2 Å². The van der Waals surface area contributed by atoms with E-state index in [4.69, 9.17) is 21.3 Å². The molecule has 2 aromatic heterocycles. The number of aromatic nitrogens is 3. The van der Waals surface area contributed by atoms with Crippen LogP contribution in [0.15, 0.2) is 115 Å². The molecule has 3 N–H and O–H groups in total. The minimum Gasteiger partial charge on any atom is -0.376 e. The summed E-state index contributed by atoms with van der Waals surface area (Å²) in [6, 6.07) is 27.5. The van der Waals surface area contributed by atoms with E-state index < -0.39 is 11.7 Å². The number of anilines is 1. The van der Waals surface area contributed by atoms with Crippen molar-refractivity contribution in [1.29, 1.82) is 0 Å². The van der Waals surface area contributed by atoms with E-state index in [1.54, 1.807) is 23.4 Å². The molecule has 0 bridgehead atoms. The fraction of sp³-hybridized carbons (Fsp3) is 0.448. The number of ether oxygens (including phenoxy) is 1. The summed E-state index contributed by atoms with van der Waals surface area (Å²) in [7, 11) is 0. The minimum absolute atomic E-state index is 0.0247. The van der Waals surface area contributed by atoms with E-state index in [2.05, 4.69) is 40.3 Å². The number of piperidine rings is 3. The van der Waals surface area contributed by atoms with Gasteiger partial charge in [0, 0.05) is 107 Å². The zero-order valence-corrected chi connectivity index (χ0v) is 44.1. The van der Waals surface area contributed by atoms with Crippen LogP contribution in [0.25, 0.3) is 21.8 Å². The lowest BCUT2D eigenvalue weighted by atomic mass is 9.88. The zero-order valence-electron chi connectivity index (χ0n) is 43.3. The molecule has 4 aromatic carbocycles. The maximum atomic E-state index is 13.6. The molecule has 77 heavy (non-hydrogen) atoms. The Morgan fingerprint density at radius 1 is 0.753 bits per heavy atom. The summed E-state index contributed by atoms with van der Waals surface area (Å²) < 4.78 is 47.1. The SMILES string of the molecule is Clc1ccccc1.O=C(NCCOC1CCN(CC(=O)N2CCN(CCCN=C3NC34CCN(c3ncnc5[nH]ccc35)CC4)CC2)CC1)c1ccc(C2CCN(C(=O)c3cccc4c(C(F)(F)F)cccc34)CC2)cc1. The number of carbonyl (C=O) groups is 3. The molecule has 6 aromatic rings. The molecule has 11 rings (SSSR count). The predicted octanol–water partition coefficient (Wildman–Crippen LogP) is 8.28. The van der Waals surface area contributed by atoms with Gasteiger partial charge in [-0.25, -0.2) is 9.97 Å². The monoisotopic (exact) mass is 1070 g/mol. The van der Waals surface area contributed by atoms with Crippen molar-refractivity contribution in [1.82, 2.24) is 45.2 Å². The van der Waals surface area contributed by atoms with Gasteiger partial charge in [-0.15, -0.1) is 0 Å². The lowest BCUT2D eigenvalue weighted by Crippen LogP contribution is -2.52. The number of amidine groups is 1. The van der Waals surface area contributed by atoms with Crippen molar-refractivity contribution < 1.29 is 32.3 Å². The number of carbonyl (C=O) groups excluding carboxylic acids is 3. The number of fused-ring (bicyclic) bond motifs is 2. The standard InChI is InChI=1S/C52H62F3N11O4.C6H5Cl/c53-52(54,55)44-7-2-4-40-41(44)5-1-6-42(40)49(69)66-25-13-37(14-26-66)36-8-10-38(11-9-36)48(68)57-21-33-70-39-15-23-63(24-16-39)34-45(67)64-31-29-62(30-32-64)22-3-19-58-50-51(61-50)17-27-65(28-18-51)47-43-12-20-56-46(43)59-35-60-47;7-6-4-2-1-3-5-6/h1-2,4-12,20,35,37,39H,3,13-19,21-34H2,(H,57,68)(H,58,61)(H,56,59,60);1-5H. The molecule has 3 amide bonds. The Morgan fingerprint density at radius 3 is 2.19 bits per heavy atom. The highest BCUT2D eigenvalue weighted by Crippen LogP contribution is 2.38. The van der Waals surface area contributed by atoms with Crippen molar-refractivity contribution in [3.63, 3.8) is 0 Å². The smallest absolute Gasteiger partial charge is 0.376 e. The first-order chi connectivity index (χ1) is 37.4. The third-order valence-electron chi connectivity index (χ3n) is 15.9. The van der Waals surface area contributed by atoms with Gasteiger partial charge in [0.05, 0.1) is 35.7 Å². The highest BCUT2D eigenvalue weighted by atomic mass is 35.5.